The van der Waals surface area contributed by atoms with Crippen LogP contribution in [0.2, 0.25) is 10.0 Å². The maximum absolute atomic E-state index is 12.1. The van der Waals surface area contributed by atoms with Gasteiger partial charge in [0.25, 0.3) is 0 Å². The van der Waals surface area contributed by atoms with E-state index in [2.05, 4.69) is 5.32 Å². The highest BCUT2D eigenvalue weighted by atomic mass is 35.5. The fourth-order valence-electron chi connectivity index (χ4n) is 2.01. The number of carbonyl (C=O) groups excluding carboxylic acids is 1. The second-order valence-electron chi connectivity index (χ2n) is 4.68. The molecular formula is C16H13Cl2NO3. The largest absolute Gasteiger partial charge is 0.481 e. The summed E-state index contributed by atoms with van der Waals surface area (Å²) in [4.78, 5) is 23.4. The van der Waals surface area contributed by atoms with Crippen LogP contribution in [0.4, 0.5) is 5.69 Å². The Hall–Kier alpha value is -2.04. The summed E-state index contributed by atoms with van der Waals surface area (Å²) in [5.74, 6) is -2.39. The number of nitrogens with one attached hydrogen (secondary N) is 1. The van der Waals surface area contributed by atoms with Gasteiger partial charge in [-0.3, -0.25) is 9.59 Å². The molecule has 0 fully saturated rings. The molecular weight excluding hydrogens is 325 g/mol. The number of carboxylic acids is 1. The highest BCUT2D eigenvalue weighted by Gasteiger charge is 2.23. The Bertz CT molecular complexity index is 689. The Morgan fingerprint density at radius 1 is 1.09 bits per heavy atom. The van der Waals surface area contributed by atoms with E-state index in [1.165, 1.54) is 6.07 Å². The average molecular weight is 338 g/mol. The van der Waals surface area contributed by atoms with E-state index in [0.717, 1.165) is 0 Å². The zero-order chi connectivity index (χ0) is 16.1. The summed E-state index contributed by atoms with van der Waals surface area (Å²) >= 11 is 11.8. The van der Waals surface area contributed by atoms with Crippen molar-refractivity contribution in [3.05, 3.63) is 64.1 Å². The summed E-state index contributed by atoms with van der Waals surface area (Å²) < 4.78 is 0. The molecule has 114 valence electrons. The van der Waals surface area contributed by atoms with Gasteiger partial charge in [0.15, 0.2) is 0 Å². The summed E-state index contributed by atoms with van der Waals surface area (Å²) in [6.07, 6.45) is -0.182. The Morgan fingerprint density at radius 3 is 2.36 bits per heavy atom. The molecule has 2 aromatic carbocycles. The van der Waals surface area contributed by atoms with Crippen LogP contribution in [-0.4, -0.2) is 17.0 Å². The van der Waals surface area contributed by atoms with Crippen LogP contribution in [0.3, 0.4) is 0 Å². The molecule has 0 aliphatic rings. The number of hydrogen-bond donors (Lipinski definition) is 2. The molecule has 0 unspecified atom stereocenters. The molecule has 1 amide bonds. The third kappa shape index (κ3) is 4.23. The van der Waals surface area contributed by atoms with Crippen LogP contribution in [0.25, 0.3) is 0 Å². The Kier molecular flexibility index (Phi) is 5.41. The van der Waals surface area contributed by atoms with Crippen molar-refractivity contribution in [1.82, 2.24) is 0 Å². The van der Waals surface area contributed by atoms with Gasteiger partial charge in [0.1, 0.15) is 0 Å². The predicted octanol–water partition coefficient (Wildman–Crippen LogP) is 4.19. The third-order valence-corrected chi connectivity index (χ3v) is 3.64. The fraction of sp³-hybridized carbons (Fsp3) is 0.125. The van der Waals surface area contributed by atoms with Crippen molar-refractivity contribution < 1.29 is 14.7 Å². The number of amides is 1. The lowest BCUT2D eigenvalue weighted by Gasteiger charge is -2.13. The predicted molar refractivity (Wildman–Crippen MR) is 86.5 cm³/mol. The van der Waals surface area contributed by atoms with Crippen LogP contribution >= 0.6 is 23.2 Å². The maximum Gasteiger partial charge on any atom is 0.311 e. The van der Waals surface area contributed by atoms with Gasteiger partial charge in [0, 0.05) is 11.4 Å². The van der Waals surface area contributed by atoms with Crippen molar-refractivity contribution in [2.45, 2.75) is 12.3 Å². The summed E-state index contributed by atoms with van der Waals surface area (Å²) in [6, 6.07) is 13.3. The Morgan fingerprint density at radius 2 is 1.77 bits per heavy atom. The monoisotopic (exact) mass is 337 g/mol. The normalized spacial score (nSPS) is 11.7. The van der Waals surface area contributed by atoms with E-state index < -0.39 is 17.8 Å². The SMILES string of the molecule is O=C(C[C@H](C(=O)O)c1ccccc1)Nc1ccc(Cl)cc1Cl. The second kappa shape index (κ2) is 7.29. The van der Waals surface area contributed by atoms with Gasteiger partial charge in [-0.25, -0.2) is 0 Å². The fourth-order valence-corrected chi connectivity index (χ4v) is 2.47. The minimum atomic E-state index is -1.05. The first-order valence-corrected chi connectivity index (χ1v) is 7.25. The minimum Gasteiger partial charge on any atom is -0.481 e. The van der Waals surface area contributed by atoms with Crippen molar-refractivity contribution in [1.29, 1.82) is 0 Å². The lowest BCUT2D eigenvalue weighted by atomic mass is 9.95. The van der Waals surface area contributed by atoms with Gasteiger partial charge in [-0.2, -0.15) is 0 Å². The molecule has 0 aromatic heterocycles. The maximum atomic E-state index is 12.1. The molecule has 2 N–H and O–H groups in total. The van der Waals surface area contributed by atoms with Gasteiger partial charge in [-0.05, 0) is 23.8 Å². The molecule has 2 aromatic rings. The highest BCUT2D eigenvalue weighted by Crippen LogP contribution is 2.26. The molecule has 0 aliphatic carbocycles. The van der Waals surface area contributed by atoms with Gasteiger partial charge in [-0.1, -0.05) is 53.5 Å². The number of hydrogen-bond acceptors (Lipinski definition) is 2. The average Bonchev–Trinajstić information content (AvgIpc) is 2.48. The molecule has 0 aliphatic heterocycles. The van der Waals surface area contributed by atoms with Crippen LogP contribution in [-0.2, 0) is 9.59 Å². The molecule has 1 atom stereocenters. The van der Waals surface area contributed by atoms with E-state index in [1.54, 1.807) is 42.5 Å². The van der Waals surface area contributed by atoms with E-state index >= 15 is 0 Å². The Balaban J connectivity index is 2.10. The quantitative estimate of drug-likeness (QED) is 0.859. The first-order chi connectivity index (χ1) is 10.5. The van der Waals surface area contributed by atoms with E-state index in [9.17, 15) is 14.7 Å². The smallest absolute Gasteiger partial charge is 0.311 e. The van der Waals surface area contributed by atoms with Crippen LogP contribution in [0.1, 0.15) is 17.9 Å². The summed E-state index contributed by atoms with van der Waals surface area (Å²) in [6.45, 7) is 0. The van der Waals surface area contributed by atoms with Gasteiger partial charge >= 0.3 is 5.97 Å². The zero-order valence-corrected chi connectivity index (χ0v) is 12.9. The van der Waals surface area contributed by atoms with Crippen molar-refractivity contribution in [3.63, 3.8) is 0 Å². The molecule has 22 heavy (non-hydrogen) atoms. The number of benzene rings is 2. The van der Waals surface area contributed by atoms with E-state index in [-0.39, 0.29) is 6.42 Å². The van der Waals surface area contributed by atoms with Gasteiger partial charge in [0.05, 0.1) is 16.6 Å². The number of carboxylic acid groups (broad SMARTS) is 1. The molecule has 6 heteroatoms. The Labute approximate surface area is 137 Å². The molecule has 0 saturated heterocycles. The first kappa shape index (κ1) is 16.3. The summed E-state index contributed by atoms with van der Waals surface area (Å²) in [7, 11) is 0. The molecule has 2 rings (SSSR count). The standard InChI is InChI=1S/C16H13Cl2NO3/c17-11-6-7-14(13(18)8-11)19-15(20)9-12(16(21)22)10-4-2-1-3-5-10/h1-8,12H,9H2,(H,19,20)(H,21,22)/t12-/m0/s1. The van der Waals surface area contributed by atoms with E-state index in [1.807, 2.05) is 0 Å². The van der Waals surface area contributed by atoms with Crippen molar-refractivity contribution in [3.8, 4) is 0 Å². The molecule has 0 radical (unpaired) electrons. The molecule has 0 spiro atoms. The molecule has 0 heterocycles. The van der Waals surface area contributed by atoms with E-state index in [0.29, 0.717) is 21.3 Å². The van der Waals surface area contributed by atoms with Gasteiger partial charge in [0.2, 0.25) is 5.91 Å². The van der Waals surface area contributed by atoms with Gasteiger partial charge < -0.3 is 10.4 Å². The second-order valence-corrected chi connectivity index (χ2v) is 5.52. The number of rotatable bonds is 5. The third-order valence-electron chi connectivity index (χ3n) is 3.09. The van der Waals surface area contributed by atoms with Crippen LogP contribution in [0, 0.1) is 0 Å². The number of carbonyl (C=O) groups is 2. The van der Waals surface area contributed by atoms with Crippen LogP contribution in [0.15, 0.2) is 48.5 Å². The van der Waals surface area contributed by atoms with Gasteiger partial charge in [-0.15, -0.1) is 0 Å². The molecule has 0 bridgehead atoms. The summed E-state index contributed by atoms with van der Waals surface area (Å²) in [5, 5.41) is 12.7. The number of anilines is 1. The first-order valence-electron chi connectivity index (χ1n) is 6.50. The lowest BCUT2D eigenvalue weighted by molar-refractivity contribution is -0.140. The molecule has 4 nitrogen and oxygen atoms in total. The minimum absolute atomic E-state index is 0.182. The lowest BCUT2D eigenvalue weighted by Crippen LogP contribution is -2.21. The number of aliphatic carboxylic acids is 1. The van der Waals surface area contributed by atoms with Crippen LogP contribution < -0.4 is 5.32 Å². The topological polar surface area (TPSA) is 66.4 Å². The summed E-state index contributed by atoms with van der Waals surface area (Å²) in [5.41, 5.74) is 0.973. The van der Waals surface area contributed by atoms with Crippen LogP contribution in [0.5, 0.6) is 0 Å². The highest BCUT2D eigenvalue weighted by molar-refractivity contribution is 6.36. The molecule has 0 saturated carbocycles. The van der Waals surface area contributed by atoms with Crippen molar-refractivity contribution in [2.24, 2.45) is 0 Å². The van der Waals surface area contributed by atoms with Crippen molar-refractivity contribution >= 4 is 40.8 Å². The zero-order valence-electron chi connectivity index (χ0n) is 11.4. The van der Waals surface area contributed by atoms with E-state index in [4.69, 9.17) is 23.2 Å². The van der Waals surface area contributed by atoms with Crippen molar-refractivity contribution in [2.75, 3.05) is 5.32 Å². The number of halogens is 2.